The number of nitrogens with one attached hydrogen (secondary N) is 2. The molecule has 0 aliphatic carbocycles. The van der Waals surface area contributed by atoms with Crippen LogP contribution >= 0.6 is 0 Å². The van der Waals surface area contributed by atoms with Crippen molar-refractivity contribution in [3.05, 3.63) is 48.0 Å². The van der Waals surface area contributed by atoms with Gasteiger partial charge in [0.05, 0.1) is 12.6 Å². The molecule has 0 radical (unpaired) electrons. The van der Waals surface area contributed by atoms with E-state index in [-0.39, 0.29) is 17.8 Å². The molecule has 1 aromatic heterocycles. The van der Waals surface area contributed by atoms with Crippen LogP contribution in [0.25, 0.3) is 11.3 Å². The number of rotatable bonds is 4. The molecule has 5 heteroatoms. The molecular formula is C16H17FN2O2. The number of amides is 1. The van der Waals surface area contributed by atoms with E-state index in [0.717, 1.165) is 30.7 Å². The Hall–Kier alpha value is -2.14. The first kappa shape index (κ1) is 13.8. The molecule has 2 aromatic rings. The minimum Gasteiger partial charge on any atom is -0.460 e. The van der Waals surface area contributed by atoms with Gasteiger partial charge >= 0.3 is 0 Å². The van der Waals surface area contributed by atoms with Crippen LogP contribution in [0.1, 0.15) is 18.6 Å². The van der Waals surface area contributed by atoms with Crippen LogP contribution in [0.3, 0.4) is 0 Å². The summed E-state index contributed by atoms with van der Waals surface area (Å²) in [5, 5.41) is 6.03. The quantitative estimate of drug-likeness (QED) is 0.908. The normalized spacial score (nSPS) is 18.5. The van der Waals surface area contributed by atoms with Crippen LogP contribution in [-0.2, 0) is 11.3 Å². The Morgan fingerprint density at radius 2 is 2.05 bits per heavy atom. The zero-order valence-corrected chi connectivity index (χ0v) is 11.6. The Labute approximate surface area is 122 Å². The second kappa shape index (κ2) is 6.10. The molecule has 0 saturated carbocycles. The summed E-state index contributed by atoms with van der Waals surface area (Å²) < 4.78 is 18.6. The Morgan fingerprint density at radius 1 is 1.24 bits per heavy atom. The number of carbonyl (C=O) groups excluding carboxylic acids is 1. The fourth-order valence-corrected chi connectivity index (χ4v) is 2.43. The summed E-state index contributed by atoms with van der Waals surface area (Å²) in [7, 11) is 0. The van der Waals surface area contributed by atoms with Gasteiger partial charge in [-0.1, -0.05) is 0 Å². The molecule has 4 nitrogen and oxygen atoms in total. The number of hydrogen-bond donors (Lipinski definition) is 2. The van der Waals surface area contributed by atoms with Crippen LogP contribution in [0.2, 0.25) is 0 Å². The molecule has 1 aromatic carbocycles. The molecule has 2 heterocycles. The molecule has 1 aliphatic rings. The van der Waals surface area contributed by atoms with Crippen LogP contribution < -0.4 is 10.6 Å². The van der Waals surface area contributed by atoms with Crippen molar-refractivity contribution in [1.82, 2.24) is 10.6 Å². The van der Waals surface area contributed by atoms with Gasteiger partial charge in [0.1, 0.15) is 17.3 Å². The first-order valence-electron chi connectivity index (χ1n) is 7.08. The topological polar surface area (TPSA) is 54.3 Å². The molecule has 1 atom stereocenters. The molecule has 1 amide bonds. The van der Waals surface area contributed by atoms with E-state index < -0.39 is 0 Å². The smallest absolute Gasteiger partial charge is 0.237 e. The predicted octanol–water partition coefficient (Wildman–Crippen LogP) is 2.45. The Balaban J connectivity index is 1.62. The van der Waals surface area contributed by atoms with E-state index >= 15 is 0 Å². The van der Waals surface area contributed by atoms with Gasteiger partial charge in [0.15, 0.2) is 0 Å². The van der Waals surface area contributed by atoms with Crippen LogP contribution in [-0.4, -0.2) is 18.5 Å². The zero-order valence-electron chi connectivity index (χ0n) is 11.6. The lowest BCUT2D eigenvalue weighted by Crippen LogP contribution is -2.47. The highest BCUT2D eigenvalue weighted by molar-refractivity contribution is 5.82. The van der Waals surface area contributed by atoms with Crippen molar-refractivity contribution in [3.63, 3.8) is 0 Å². The minimum atomic E-state index is -0.268. The molecule has 0 spiro atoms. The predicted molar refractivity (Wildman–Crippen MR) is 77.0 cm³/mol. The van der Waals surface area contributed by atoms with E-state index in [9.17, 15) is 9.18 Å². The van der Waals surface area contributed by atoms with Gasteiger partial charge in [-0.3, -0.25) is 10.1 Å². The molecule has 0 bridgehead atoms. The SMILES string of the molecule is O=C1NCCCC1NCc1ccc(-c2ccc(F)cc2)o1. The van der Waals surface area contributed by atoms with E-state index in [1.54, 1.807) is 12.1 Å². The maximum atomic E-state index is 12.9. The molecule has 110 valence electrons. The summed E-state index contributed by atoms with van der Waals surface area (Å²) in [6.07, 6.45) is 1.83. The molecule has 3 rings (SSSR count). The van der Waals surface area contributed by atoms with Crippen molar-refractivity contribution in [3.8, 4) is 11.3 Å². The third-order valence-electron chi connectivity index (χ3n) is 3.60. The lowest BCUT2D eigenvalue weighted by Gasteiger charge is -2.22. The molecule has 2 N–H and O–H groups in total. The van der Waals surface area contributed by atoms with Gasteiger partial charge in [-0.15, -0.1) is 0 Å². The van der Waals surface area contributed by atoms with Gasteiger partial charge in [-0.25, -0.2) is 4.39 Å². The first-order valence-corrected chi connectivity index (χ1v) is 7.08. The molecule has 1 saturated heterocycles. The third-order valence-corrected chi connectivity index (χ3v) is 3.60. The van der Waals surface area contributed by atoms with Crippen LogP contribution in [0.15, 0.2) is 40.8 Å². The van der Waals surface area contributed by atoms with E-state index in [2.05, 4.69) is 10.6 Å². The standard InChI is InChI=1S/C16H17FN2O2/c17-12-5-3-11(4-6-12)15-8-7-13(21-15)10-19-14-2-1-9-18-16(14)20/h3-8,14,19H,1-2,9-10H2,(H,18,20). The second-order valence-corrected chi connectivity index (χ2v) is 5.14. The number of halogens is 1. The summed E-state index contributed by atoms with van der Waals surface area (Å²) in [5.74, 6) is 1.23. The maximum absolute atomic E-state index is 12.9. The van der Waals surface area contributed by atoms with Gasteiger partial charge in [0.25, 0.3) is 0 Å². The fraction of sp³-hybridized carbons (Fsp3) is 0.312. The summed E-state index contributed by atoms with van der Waals surface area (Å²) in [6, 6.07) is 9.74. The monoisotopic (exact) mass is 288 g/mol. The summed E-state index contributed by atoms with van der Waals surface area (Å²) in [4.78, 5) is 11.6. The fourth-order valence-electron chi connectivity index (χ4n) is 2.43. The van der Waals surface area contributed by atoms with Crippen LogP contribution in [0, 0.1) is 5.82 Å². The van der Waals surface area contributed by atoms with Crippen molar-refractivity contribution >= 4 is 5.91 Å². The van der Waals surface area contributed by atoms with E-state index in [0.29, 0.717) is 12.3 Å². The van der Waals surface area contributed by atoms with Crippen molar-refractivity contribution in [2.24, 2.45) is 0 Å². The van der Waals surface area contributed by atoms with Crippen LogP contribution in [0.5, 0.6) is 0 Å². The molecular weight excluding hydrogens is 271 g/mol. The van der Waals surface area contributed by atoms with Crippen LogP contribution in [0.4, 0.5) is 4.39 Å². The average molecular weight is 288 g/mol. The van der Waals surface area contributed by atoms with Crippen molar-refractivity contribution < 1.29 is 13.6 Å². The lowest BCUT2D eigenvalue weighted by atomic mass is 10.1. The molecule has 1 fully saturated rings. The Bertz CT molecular complexity index is 621. The summed E-state index contributed by atoms with van der Waals surface area (Å²) in [5.41, 5.74) is 0.832. The highest BCUT2D eigenvalue weighted by Crippen LogP contribution is 2.22. The van der Waals surface area contributed by atoms with Crippen molar-refractivity contribution in [2.75, 3.05) is 6.54 Å². The summed E-state index contributed by atoms with van der Waals surface area (Å²) >= 11 is 0. The van der Waals surface area contributed by atoms with Crippen molar-refractivity contribution in [2.45, 2.75) is 25.4 Å². The second-order valence-electron chi connectivity index (χ2n) is 5.14. The molecule has 1 unspecified atom stereocenters. The third kappa shape index (κ3) is 3.31. The van der Waals surface area contributed by atoms with E-state index in [4.69, 9.17) is 4.42 Å². The highest BCUT2D eigenvalue weighted by Gasteiger charge is 2.21. The minimum absolute atomic E-state index is 0.0477. The lowest BCUT2D eigenvalue weighted by molar-refractivity contribution is -0.124. The number of benzene rings is 1. The van der Waals surface area contributed by atoms with Gasteiger partial charge in [0.2, 0.25) is 5.91 Å². The Kier molecular flexibility index (Phi) is 4.01. The van der Waals surface area contributed by atoms with E-state index in [1.807, 2.05) is 12.1 Å². The first-order chi connectivity index (χ1) is 10.2. The average Bonchev–Trinajstić information content (AvgIpc) is 2.96. The number of furan rings is 1. The largest absolute Gasteiger partial charge is 0.460 e. The molecule has 1 aliphatic heterocycles. The maximum Gasteiger partial charge on any atom is 0.237 e. The number of piperidine rings is 1. The van der Waals surface area contributed by atoms with Gasteiger partial charge in [-0.2, -0.15) is 0 Å². The van der Waals surface area contributed by atoms with Gasteiger partial charge < -0.3 is 9.73 Å². The van der Waals surface area contributed by atoms with E-state index in [1.165, 1.54) is 12.1 Å². The van der Waals surface area contributed by atoms with Gasteiger partial charge in [-0.05, 0) is 49.2 Å². The summed E-state index contributed by atoms with van der Waals surface area (Å²) in [6.45, 7) is 1.26. The zero-order chi connectivity index (χ0) is 14.7. The highest BCUT2D eigenvalue weighted by atomic mass is 19.1. The number of carbonyl (C=O) groups is 1. The Morgan fingerprint density at radius 3 is 2.81 bits per heavy atom. The van der Waals surface area contributed by atoms with Gasteiger partial charge in [0, 0.05) is 12.1 Å². The van der Waals surface area contributed by atoms with Crippen molar-refractivity contribution in [1.29, 1.82) is 0 Å². The molecule has 21 heavy (non-hydrogen) atoms. The number of hydrogen-bond acceptors (Lipinski definition) is 3.